The summed E-state index contributed by atoms with van der Waals surface area (Å²) in [5.74, 6) is -2.70. The third-order valence-corrected chi connectivity index (χ3v) is 4.06. The van der Waals surface area contributed by atoms with Gasteiger partial charge in [0.05, 0.1) is 5.56 Å². The van der Waals surface area contributed by atoms with Crippen LogP contribution in [0.1, 0.15) is 34.3 Å². The second-order valence-electron chi connectivity index (χ2n) is 5.96. The van der Waals surface area contributed by atoms with Crippen molar-refractivity contribution in [3.05, 3.63) is 70.8 Å². The fraction of sp³-hybridized carbons (Fsp3) is 0.278. The van der Waals surface area contributed by atoms with E-state index in [0.717, 1.165) is 24.3 Å². The Labute approximate surface area is 140 Å². The number of amides is 1. The van der Waals surface area contributed by atoms with Crippen LogP contribution in [0.2, 0.25) is 0 Å². The van der Waals surface area contributed by atoms with Gasteiger partial charge in [0.1, 0.15) is 17.2 Å². The van der Waals surface area contributed by atoms with E-state index in [0.29, 0.717) is 18.4 Å². The molecule has 0 radical (unpaired) electrons. The van der Waals surface area contributed by atoms with Crippen LogP contribution < -0.4 is 0 Å². The van der Waals surface area contributed by atoms with Gasteiger partial charge in [0, 0.05) is 12.6 Å². The molecule has 2 aromatic rings. The number of hydrogen-bond donors (Lipinski definition) is 0. The Morgan fingerprint density at radius 1 is 1.00 bits per heavy atom. The van der Waals surface area contributed by atoms with Gasteiger partial charge in [-0.3, -0.25) is 4.79 Å². The molecule has 132 valence electrons. The van der Waals surface area contributed by atoms with Gasteiger partial charge in [0.2, 0.25) is 0 Å². The lowest BCUT2D eigenvalue weighted by molar-refractivity contribution is -0.137. The number of nitrogens with zero attached hydrogens (tertiary/aromatic N) is 1. The van der Waals surface area contributed by atoms with E-state index in [1.165, 1.54) is 23.1 Å². The maximum atomic E-state index is 13.9. The van der Waals surface area contributed by atoms with Gasteiger partial charge in [-0.15, -0.1) is 0 Å². The number of hydrogen-bond acceptors (Lipinski definition) is 1. The molecule has 2 nitrogen and oxygen atoms in total. The van der Waals surface area contributed by atoms with E-state index < -0.39 is 34.8 Å². The fourth-order valence-electron chi connectivity index (χ4n) is 2.59. The van der Waals surface area contributed by atoms with Crippen molar-refractivity contribution in [2.24, 2.45) is 0 Å². The predicted octanol–water partition coefficient (Wildman–Crippen LogP) is 4.79. The Morgan fingerprint density at radius 2 is 1.56 bits per heavy atom. The Hall–Kier alpha value is -2.44. The van der Waals surface area contributed by atoms with E-state index in [2.05, 4.69) is 0 Å². The van der Waals surface area contributed by atoms with Crippen LogP contribution in [0.3, 0.4) is 0 Å². The second-order valence-corrected chi connectivity index (χ2v) is 5.96. The number of rotatable bonds is 4. The van der Waals surface area contributed by atoms with Crippen molar-refractivity contribution in [2.45, 2.75) is 31.6 Å². The largest absolute Gasteiger partial charge is 0.416 e. The van der Waals surface area contributed by atoms with Crippen LogP contribution in [0.4, 0.5) is 22.0 Å². The predicted molar refractivity (Wildman–Crippen MR) is 80.7 cm³/mol. The number of alkyl halides is 3. The lowest BCUT2D eigenvalue weighted by Gasteiger charge is -2.23. The Bertz CT molecular complexity index is 761. The minimum Gasteiger partial charge on any atom is -0.331 e. The topological polar surface area (TPSA) is 20.3 Å². The summed E-state index contributed by atoms with van der Waals surface area (Å²) in [6.07, 6.45) is -3.05. The maximum Gasteiger partial charge on any atom is 0.416 e. The van der Waals surface area contributed by atoms with Crippen molar-refractivity contribution in [3.63, 3.8) is 0 Å². The minimum atomic E-state index is -4.44. The van der Waals surface area contributed by atoms with E-state index in [4.69, 9.17) is 0 Å². The molecule has 1 amide bonds. The van der Waals surface area contributed by atoms with Gasteiger partial charge in [0.25, 0.3) is 5.91 Å². The van der Waals surface area contributed by atoms with Crippen molar-refractivity contribution in [3.8, 4) is 0 Å². The minimum absolute atomic E-state index is 0.00455. The normalized spacial score (nSPS) is 14.4. The molecule has 0 spiro atoms. The molecule has 1 aliphatic carbocycles. The Kier molecular flexibility index (Phi) is 4.49. The first-order chi connectivity index (χ1) is 11.8. The summed E-state index contributed by atoms with van der Waals surface area (Å²) in [5, 5.41) is 0. The first-order valence-electron chi connectivity index (χ1n) is 7.68. The molecule has 3 rings (SSSR count). The van der Waals surface area contributed by atoms with E-state index in [1.54, 1.807) is 0 Å². The fourth-order valence-corrected chi connectivity index (χ4v) is 2.59. The van der Waals surface area contributed by atoms with Gasteiger partial charge in [-0.1, -0.05) is 18.2 Å². The number of benzene rings is 2. The molecule has 0 N–H and O–H groups in total. The van der Waals surface area contributed by atoms with E-state index in [9.17, 15) is 26.7 Å². The molecule has 7 heteroatoms. The van der Waals surface area contributed by atoms with Crippen LogP contribution in [-0.4, -0.2) is 16.8 Å². The van der Waals surface area contributed by atoms with Crippen LogP contribution in [0.5, 0.6) is 0 Å². The lowest BCUT2D eigenvalue weighted by atomic mass is 10.1. The van der Waals surface area contributed by atoms with E-state index in [1.807, 2.05) is 0 Å². The maximum absolute atomic E-state index is 13.9. The summed E-state index contributed by atoms with van der Waals surface area (Å²) in [7, 11) is 0. The van der Waals surface area contributed by atoms with Crippen molar-refractivity contribution >= 4 is 5.91 Å². The number of carbonyl (C=O) groups is 1. The monoisotopic (exact) mass is 355 g/mol. The smallest absolute Gasteiger partial charge is 0.331 e. The first kappa shape index (κ1) is 17.4. The molecule has 0 saturated heterocycles. The molecule has 25 heavy (non-hydrogen) atoms. The highest BCUT2D eigenvalue weighted by molar-refractivity contribution is 5.95. The summed E-state index contributed by atoms with van der Waals surface area (Å²) in [4.78, 5) is 13.9. The molecule has 0 atom stereocenters. The molecule has 1 aliphatic rings. The second kappa shape index (κ2) is 6.46. The molecule has 0 aliphatic heterocycles. The zero-order chi connectivity index (χ0) is 18.2. The highest BCUT2D eigenvalue weighted by Gasteiger charge is 2.35. The van der Waals surface area contributed by atoms with E-state index in [-0.39, 0.29) is 12.6 Å². The van der Waals surface area contributed by atoms with E-state index >= 15 is 0 Å². The molecular weight excluding hydrogens is 341 g/mol. The van der Waals surface area contributed by atoms with Crippen LogP contribution in [0.15, 0.2) is 42.5 Å². The van der Waals surface area contributed by atoms with Crippen molar-refractivity contribution in [1.82, 2.24) is 4.90 Å². The summed E-state index contributed by atoms with van der Waals surface area (Å²) >= 11 is 0. The third kappa shape index (κ3) is 3.81. The van der Waals surface area contributed by atoms with Crippen LogP contribution in [0.25, 0.3) is 0 Å². The number of carbonyl (C=O) groups excluding carboxylic acids is 1. The highest BCUT2D eigenvalue weighted by Crippen LogP contribution is 2.32. The zero-order valence-corrected chi connectivity index (χ0v) is 13.0. The zero-order valence-electron chi connectivity index (χ0n) is 13.0. The average Bonchev–Trinajstić information content (AvgIpc) is 3.36. The molecule has 0 unspecified atom stereocenters. The van der Waals surface area contributed by atoms with Crippen LogP contribution in [-0.2, 0) is 12.7 Å². The van der Waals surface area contributed by atoms with Gasteiger partial charge in [0.15, 0.2) is 0 Å². The van der Waals surface area contributed by atoms with Gasteiger partial charge in [-0.05, 0) is 42.7 Å². The highest BCUT2D eigenvalue weighted by atomic mass is 19.4. The SMILES string of the molecule is O=C(c1c(F)cccc1F)N(Cc1ccc(C(F)(F)F)cc1)C1CC1. The Balaban J connectivity index is 1.84. The first-order valence-corrected chi connectivity index (χ1v) is 7.68. The standard InChI is InChI=1S/C18H14F5NO/c19-14-2-1-3-15(20)16(14)17(25)24(13-8-9-13)10-11-4-6-12(7-5-11)18(21,22)23/h1-7,13H,8-10H2. The summed E-state index contributed by atoms with van der Waals surface area (Å²) in [5.41, 5.74) is -0.966. The van der Waals surface area contributed by atoms with Crippen molar-refractivity contribution in [2.75, 3.05) is 0 Å². The molecule has 0 aromatic heterocycles. The molecule has 1 fully saturated rings. The van der Waals surface area contributed by atoms with Crippen molar-refractivity contribution < 1.29 is 26.7 Å². The van der Waals surface area contributed by atoms with Gasteiger partial charge in [-0.2, -0.15) is 13.2 Å². The number of halogens is 5. The van der Waals surface area contributed by atoms with Gasteiger partial charge in [-0.25, -0.2) is 8.78 Å². The van der Waals surface area contributed by atoms with Gasteiger partial charge >= 0.3 is 6.18 Å². The van der Waals surface area contributed by atoms with Crippen LogP contribution in [0, 0.1) is 11.6 Å². The molecular formula is C18H14F5NO. The molecule has 1 saturated carbocycles. The molecule has 2 aromatic carbocycles. The van der Waals surface area contributed by atoms with Gasteiger partial charge < -0.3 is 4.90 Å². The van der Waals surface area contributed by atoms with Crippen LogP contribution >= 0.6 is 0 Å². The quantitative estimate of drug-likeness (QED) is 0.722. The third-order valence-electron chi connectivity index (χ3n) is 4.06. The summed E-state index contributed by atoms with van der Waals surface area (Å²) < 4.78 is 65.5. The average molecular weight is 355 g/mol. The summed E-state index contributed by atoms with van der Waals surface area (Å²) in [6.45, 7) is -0.00455. The van der Waals surface area contributed by atoms with Crippen molar-refractivity contribution in [1.29, 1.82) is 0 Å². The Morgan fingerprint density at radius 3 is 2.04 bits per heavy atom. The molecule has 0 heterocycles. The molecule has 0 bridgehead atoms. The lowest BCUT2D eigenvalue weighted by Crippen LogP contribution is -2.33. The summed E-state index contributed by atoms with van der Waals surface area (Å²) in [6, 6.07) is 7.39.